The Hall–Kier alpha value is -1.35. The SMILES string of the molecule is O=S(=O)(NCCN1CCc2sccc2C1)c1c(F)cccc1F. The highest BCUT2D eigenvalue weighted by Crippen LogP contribution is 2.23. The van der Waals surface area contributed by atoms with Gasteiger partial charge in [-0.1, -0.05) is 6.07 Å². The predicted octanol–water partition coefficient (Wildman–Crippen LogP) is 2.36. The quantitative estimate of drug-likeness (QED) is 0.893. The molecule has 1 aliphatic heterocycles. The lowest BCUT2D eigenvalue weighted by Crippen LogP contribution is -2.37. The second-order valence-corrected chi connectivity index (χ2v) is 8.05. The van der Waals surface area contributed by atoms with Gasteiger partial charge in [-0.05, 0) is 35.6 Å². The van der Waals surface area contributed by atoms with Gasteiger partial charge in [-0.3, -0.25) is 4.90 Å². The van der Waals surface area contributed by atoms with Crippen LogP contribution in [0, 0.1) is 11.6 Å². The molecule has 23 heavy (non-hydrogen) atoms. The van der Waals surface area contributed by atoms with Gasteiger partial charge < -0.3 is 0 Å². The van der Waals surface area contributed by atoms with Crippen LogP contribution in [0.5, 0.6) is 0 Å². The second-order valence-electron chi connectivity index (χ2n) is 5.34. The standard InChI is InChI=1S/C15H16F2N2O2S2/c16-12-2-1-3-13(17)15(12)23(20,21)18-6-8-19-7-4-14-11(10-19)5-9-22-14/h1-3,5,9,18H,4,6-8,10H2. The molecule has 1 aromatic carbocycles. The number of hydrogen-bond donors (Lipinski definition) is 1. The van der Waals surface area contributed by atoms with E-state index < -0.39 is 26.6 Å². The van der Waals surface area contributed by atoms with Gasteiger partial charge in [0.25, 0.3) is 0 Å². The van der Waals surface area contributed by atoms with Gasteiger partial charge in [0.15, 0.2) is 4.90 Å². The minimum absolute atomic E-state index is 0.107. The average Bonchev–Trinajstić information content (AvgIpc) is 2.94. The molecule has 8 heteroatoms. The first-order chi connectivity index (χ1) is 11.0. The maximum absolute atomic E-state index is 13.6. The Morgan fingerprint density at radius 1 is 1.22 bits per heavy atom. The van der Waals surface area contributed by atoms with E-state index in [0.717, 1.165) is 37.7 Å². The molecule has 3 rings (SSSR count). The number of benzene rings is 1. The van der Waals surface area contributed by atoms with Gasteiger partial charge in [0.1, 0.15) is 11.6 Å². The maximum Gasteiger partial charge on any atom is 0.246 e. The molecular formula is C15H16F2N2O2S2. The van der Waals surface area contributed by atoms with E-state index in [0.29, 0.717) is 6.54 Å². The zero-order valence-corrected chi connectivity index (χ0v) is 13.9. The van der Waals surface area contributed by atoms with Gasteiger partial charge in [-0.25, -0.2) is 21.9 Å². The minimum Gasteiger partial charge on any atom is -0.297 e. The zero-order valence-electron chi connectivity index (χ0n) is 12.3. The van der Waals surface area contributed by atoms with Crippen molar-refractivity contribution in [1.29, 1.82) is 0 Å². The van der Waals surface area contributed by atoms with Crippen LogP contribution in [-0.2, 0) is 23.0 Å². The molecule has 1 aliphatic rings. The summed E-state index contributed by atoms with van der Waals surface area (Å²) in [5, 5.41) is 2.05. The topological polar surface area (TPSA) is 49.4 Å². The largest absolute Gasteiger partial charge is 0.297 e. The molecule has 0 radical (unpaired) electrons. The highest BCUT2D eigenvalue weighted by molar-refractivity contribution is 7.89. The normalized spacial score (nSPS) is 15.6. The van der Waals surface area contributed by atoms with Crippen molar-refractivity contribution < 1.29 is 17.2 Å². The molecular weight excluding hydrogens is 342 g/mol. The van der Waals surface area contributed by atoms with Crippen molar-refractivity contribution in [3.8, 4) is 0 Å². The van der Waals surface area contributed by atoms with Gasteiger partial charge >= 0.3 is 0 Å². The van der Waals surface area contributed by atoms with E-state index in [-0.39, 0.29) is 6.54 Å². The van der Waals surface area contributed by atoms with Crippen molar-refractivity contribution in [2.45, 2.75) is 17.9 Å². The molecule has 1 aromatic heterocycles. The van der Waals surface area contributed by atoms with E-state index in [1.807, 2.05) is 0 Å². The highest BCUT2D eigenvalue weighted by atomic mass is 32.2. The van der Waals surface area contributed by atoms with Crippen molar-refractivity contribution in [3.05, 3.63) is 51.7 Å². The van der Waals surface area contributed by atoms with Crippen molar-refractivity contribution in [3.63, 3.8) is 0 Å². The first-order valence-electron chi connectivity index (χ1n) is 7.18. The van der Waals surface area contributed by atoms with Crippen LogP contribution < -0.4 is 4.72 Å². The summed E-state index contributed by atoms with van der Waals surface area (Å²) in [5.74, 6) is -2.17. The lowest BCUT2D eigenvalue weighted by Gasteiger charge is -2.26. The van der Waals surface area contributed by atoms with Crippen LogP contribution in [0.3, 0.4) is 0 Å². The molecule has 0 unspecified atom stereocenters. The van der Waals surface area contributed by atoms with Gasteiger partial charge in [0.05, 0.1) is 0 Å². The summed E-state index contributed by atoms with van der Waals surface area (Å²) in [5.41, 5.74) is 1.27. The minimum atomic E-state index is -4.20. The third kappa shape index (κ3) is 3.60. The fourth-order valence-corrected chi connectivity index (χ4v) is 4.69. The Labute approximate surface area is 137 Å². The summed E-state index contributed by atoms with van der Waals surface area (Å²) in [4.78, 5) is 2.57. The van der Waals surface area contributed by atoms with Gasteiger partial charge in [0, 0.05) is 31.1 Å². The van der Waals surface area contributed by atoms with Gasteiger partial charge in [0.2, 0.25) is 10.0 Å². The number of nitrogens with zero attached hydrogens (tertiary/aromatic N) is 1. The maximum atomic E-state index is 13.6. The van der Waals surface area contributed by atoms with Crippen molar-refractivity contribution in [1.82, 2.24) is 9.62 Å². The molecule has 0 atom stereocenters. The number of halogens is 2. The van der Waals surface area contributed by atoms with Crippen LogP contribution in [0.1, 0.15) is 10.4 Å². The summed E-state index contributed by atoms with van der Waals surface area (Å²) < 4.78 is 53.6. The molecule has 2 aromatic rings. The Kier molecular flexibility index (Phi) is 4.77. The van der Waals surface area contributed by atoms with Crippen LogP contribution in [-0.4, -0.2) is 33.0 Å². The third-order valence-electron chi connectivity index (χ3n) is 3.79. The zero-order chi connectivity index (χ0) is 16.4. The monoisotopic (exact) mass is 358 g/mol. The molecule has 1 N–H and O–H groups in total. The van der Waals surface area contributed by atoms with E-state index in [1.54, 1.807) is 11.3 Å². The highest BCUT2D eigenvalue weighted by Gasteiger charge is 2.24. The number of rotatable bonds is 5. The average molecular weight is 358 g/mol. The van der Waals surface area contributed by atoms with Crippen LogP contribution in [0.25, 0.3) is 0 Å². The lowest BCUT2D eigenvalue weighted by atomic mass is 10.1. The van der Waals surface area contributed by atoms with Gasteiger partial charge in [-0.2, -0.15) is 0 Å². The number of thiophene rings is 1. The Morgan fingerprint density at radius 2 is 1.96 bits per heavy atom. The molecule has 2 heterocycles. The summed E-state index contributed by atoms with van der Waals surface area (Å²) >= 11 is 1.73. The molecule has 0 saturated carbocycles. The fourth-order valence-electron chi connectivity index (χ4n) is 2.65. The number of fused-ring (bicyclic) bond motifs is 1. The van der Waals surface area contributed by atoms with Crippen LogP contribution in [0.4, 0.5) is 8.78 Å². The van der Waals surface area contributed by atoms with Crippen LogP contribution in [0.2, 0.25) is 0 Å². The smallest absolute Gasteiger partial charge is 0.246 e. The molecule has 0 amide bonds. The van der Waals surface area contributed by atoms with Crippen molar-refractivity contribution in [2.75, 3.05) is 19.6 Å². The van der Waals surface area contributed by atoms with Crippen LogP contribution >= 0.6 is 11.3 Å². The first-order valence-corrected chi connectivity index (χ1v) is 9.55. The van der Waals surface area contributed by atoms with Crippen molar-refractivity contribution in [2.24, 2.45) is 0 Å². The molecule has 124 valence electrons. The molecule has 0 fully saturated rings. The second kappa shape index (κ2) is 6.64. The van der Waals surface area contributed by atoms with E-state index in [1.165, 1.54) is 10.4 Å². The Balaban J connectivity index is 1.60. The summed E-state index contributed by atoms with van der Waals surface area (Å²) in [7, 11) is -4.20. The molecule has 0 bridgehead atoms. The Bertz CT molecular complexity index is 785. The van der Waals surface area contributed by atoms with Crippen LogP contribution in [0.15, 0.2) is 34.5 Å². The lowest BCUT2D eigenvalue weighted by molar-refractivity contribution is 0.260. The first kappa shape index (κ1) is 16.5. The molecule has 0 saturated heterocycles. The van der Waals surface area contributed by atoms with Gasteiger partial charge in [-0.15, -0.1) is 11.3 Å². The van der Waals surface area contributed by atoms with E-state index in [2.05, 4.69) is 21.1 Å². The van der Waals surface area contributed by atoms with E-state index in [4.69, 9.17) is 0 Å². The Morgan fingerprint density at radius 3 is 2.70 bits per heavy atom. The fraction of sp³-hybridized carbons (Fsp3) is 0.333. The molecule has 4 nitrogen and oxygen atoms in total. The summed E-state index contributed by atoms with van der Waals surface area (Å²) in [6.45, 7) is 2.22. The van der Waals surface area contributed by atoms with Crippen molar-refractivity contribution >= 4 is 21.4 Å². The third-order valence-corrected chi connectivity index (χ3v) is 6.33. The summed E-state index contributed by atoms with van der Waals surface area (Å²) in [6.07, 6.45) is 0.946. The number of nitrogens with one attached hydrogen (secondary N) is 1. The number of hydrogen-bond acceptors (Lipinski definition) is 4. The van der Waals surface area contributed by atoms with E-state index >= 15 is 0 Å². The number of sulfonamides is 1. The van der Waals surface area contributed by atoms with E-state index in [9.17, 15) is 17.2 Å². The molecule has 0 aliphatic carbocycles. The predicted molar refractivity (Wildman–Crippen MR) is 84.8 cm³/mol. The molecule has 0 spiro atoms. The summed E-state index contributed by atoms with van der Waals surface area (Å²) in [6, 6.07) is 5.07.